The summed E-state index contributed by atoms with van der Waals surface area (Å²) >= 11 is 0. The van der Waals surface area contributed by atoms with E-state index in [1.54, 1.807) is 6.26 Å². The number of aliphatic hydroxyl groups is 1. The highest BCUT2D eigenvalue weighted by molar-refractivity contribution is 5.14. The number of aliphatic hydroxyl groups excluding tert-OH is 1. The van der Waals surface area contributed by atoms with Crippen LogP contribution in [0.2, 0.25) is 0 Å². The average molecular weight is 211 g/mol. The average Bonchev–Trinajstić information content (AvgIpc) is 2.58. The minimum atomic E-state index is 0.229. The van der Waals surface area contributed by atoms with Crippen LogP contribution in [0.1, 0.15) is 31.6 Å². The minimum absolute atomic E-state index is 0.229. The Hall–Kier alpha value is -0.800. The summed E-state index contributed by atoms with van der Waals surface area (Å²) in [7, 11) is 0. The number of rotatable bonds is 6. The second-order valence-corrected chi connectivity index (χ2v) is 4.27. The molecule has 1 atom stereocenters. The lowest BCUT2D eigenvalue weighted by molar-refractivity contribution is 0.241. The molecule has 1 aromatic rings. The van der Waals surface area contributed by atoms with E-state index in [0.29, 0.717) is 12.0 Å². The lowest BCUT2D eigenvalue weighted by atomic mass is 10.0. The van der Waals surface area contributed by atoms with E-state index < -0.39 is 0 Å². The molecule has 0 aromatic carbocycles. The fourth-order valence-corrected chi connectivity index (χ4v) is 1.62. The molecule has 0 bridgehead atoms. The maximum atomic E-state index is 8.93. The Morgan fingerprint density at radius 2 is 2.20 bits per heavy atom. The van der Waals surface area contributed by atoms with Crippen LogP contribution in [0, 0.1) is 12.8 Å². The van der Waals surface area contributed by atoms with Crippen molar-refractivity contribution in [1.29, 1.82) is 0 Å². The number of nitrogens with one attached hydrogen (secondary N) is 1. The molecule has 0 saturated heterocycles. The molecule has 3 nitrogen and oxygen atoms in total. The molecular weight excluding hydrogens is 190 g/mol. The Kier molecular flexibility index (Phi) is 4.85. The Labute approximate surface area is 91.5 Å². The van der Waals surface area contributed by atoms with Crippen molar-refractivity contribution in [1.82, 2.24) is 5.32 Å². The van der Waals surface area contributed by atoms with Gasteiger partial charge >= 0.3 is 0 Å². The molecule has 1 aromatic heterocycles. The molecule has 0 fully saturated rings. The third kappa shape index (κ3) is 3.68. The van der Waals surface area contributed by atoms with Crippen LogP contribution in [0.4, 0.5) is 0 Å². The fraction of sp³-hybridized carbons (Fsp3) is 0.667. The van der Waals surface area contributed by atoms with Crippen LogP contribution in [-0.2, 0) is 6.54 Å². The van der Waals surface area contributed by atoms with Crippen molar-refractivity contribution >= 4 is 0 Å². The van der Waals surface area contributed by atoms with Crippen molar-refractivity contribution in [2.45, 2.75) is 39.8 Å². The quantitative estimate of drug-likeness (QED) is 0.757. The third-order valence-corrected chi connectivity index (χ3v) is 2.74. The van der Waals surface area contributed by atoms with Gasteiger partial charge in [-0.1, -0.05) is 13.8 Å². The van der Waals surface area contributed by atoms with Crippen molar-refractivity contribution < 1.29 is 9.52 Å². The van der Waals surface area contributed by atoms with Crippen LogP contribution in [0.5, 0.6) is 0 Å². The van der Waals surface area contributed by atoms with Crippen molar-refractivity contribution in [3.63, 3.8) is 0 Å². The topological polar surface area (TPSA) is 45.4 Å². The van der Waals surface area contributed by atoms with Gasteiger partial charge in [-0.05, 0) is 30.9 Å². The van der Waals surface area contributed by atoms with Gasteiger partial charge in [0.05, 0.1) is 12.8 Å². The number of hydrogen-bond acceptors (Lipinski definition) is 3. The highest BCUT2D eigenvalue weighted by Gasteiger charge is 2.13. The van der Waals surface area contributed by atoms with E-state index in [1.165, 1.54) is 5.56 Å². The molecule has 0 aliphatic carbocycles. The Balaban J connectivity index is 2.43. The first kappa shape index (κ1) is 12.3. The third-order valence-electron chi connectivity index (χ3n) is 2.74. The van der Waals surface area contributed by atoms with Crippen molar-refractivity contribution in [2.24, 2.45) is 5.92 Å². The van der Waals surface area contributed by atoms with Gasteiger partial charge in [0.15, 0.2) is 0 Å². The zero-order chi connectivity index (χ0) is 11.3. The standard InChI is InChI=1S/C12H21NO2/c1-9(2)11(4-6-14)13-8-12-10(3)5-7-15-12/h5,7,9,11,13-14H,4,6,8H2,1-3H3. The normalized spacial score (nSPS) is 13.4. The summed E-state index contributed by atoms with van der Waals surface area (Å²) < 4.78 is 5.35. The summed E-state index contributed by atoms with van der Waals surface area (Å²) in [6, 6.07) is 2.31. The molecule has 0 aliphatic rings. The Morgan fingerprint density at radius 1 is 1.47 bits per heavy atom. The summed E-state index contributed by atoms with van der Waals surface area (Å²) in [5, 5.41) is 12.3. The summed E-state index contributed by atoms with van der Waals surface area (Å²) in [6.07, 6.45) is 2.50. The van der Waals surface area contributed by atoms with E-state index in [4.69, 9.17) is 9.52 Å². The van der Waals surface area contributed by atoms with Crippen LogP contribution in [-0.4, -0.2) is 17.8 Å². The molecule has 3 heteroatoms. The van der Waals surface area contributed by atoms with E-state index in [1.807, 2.05) is 13.0 Å². The molecule has 1 unspecified atom stereocenters. The second kappa shape index (κ2) is 5.93. The van der Waals surface area contributed by atoms with Crippen LogP contribution in [0.15, 0.2) is 16.7 Å². The van der Waals surface area contributed by atoms with Gasteiger partial charge < -0.3 is 14.8 Å². The molecule has 1 heterocycles. The van der Waals surface area contributed by atoms with Gasteiger partial charge in [-0.15, -0.1) is 0 Å². The SMILES string of the molecule is Cc1ccoc1CNC(CCO)C(C)C. The zero-order valence-electron chi connectivity index (χ0n) is 9.79. The first-order valence-electron chi connectivity index (χ1n) is 5.52. The van der Waals surface area contributed by atoms with Crippen LogP contribution in [0.25, 0.3) is 0 Å². The largest absolute Gasteiger partial charge is 0.468 e. The second-order valence-electron chi connectivity index (χ2n) is 4.27. The molecule has 0 amide bonds. The highest BCUT2D eigenvalue weighted by Crippen LogP contribution is 2.11. The molecule has 2 N–H and O–H groups in total. The predicted octanol–water partition coefficient (Wildman–Crippen LogP) is 2.08. The van der Waals surface area contributed by atoms with Crippen molar-refractivity contribution in [2.75, 3.05) is 6.61 Å². The molecule has 0 aliphatic heterocycles. The monoisotopic (exact) mass is 211 g/mol. The van der Waals surface area contributed by atoms with Crippen LogP contribution >= 0.6 is 0 Å². The zero-order valence-corrected chi connectivity index (χ0v) is 9.79. The van der Waals surface area contributed by atoms with Gasteiger partial charge in [0.2, 0.25) is 0 Å². The fourth-order valence-electron chi connectivity index (χ4n) is 1.62. The van der Waals surface area contributed by atoms with Gasteiger partial charge in [0.1, 0.15) is 5.76 Å². The van der Waals surface area contributed by atoms with Crippen molar-refractivity contribution in [3.8, 4) is 0 Å². The smallest absolute Gasteiger partial charge is 0.120 e. The Bertz CT molecular complexity index is 281. The lowest BCUT2D eigenvalue weighted by Gasteiger charge is -2.21. The van der Waals surface area contributed by atoms with Crippen LogP contribution < -0.4 is 5.32 Å². The van der Waals surface area contributed by atoms with Gasteiger partial charge in [-0.3, -0.25) is 0 Å². The maximum Gasteiger partial charge on any atom is 0.120 e. The van der Waals surface area contributed by atoms with E-state index in [2.05, 4.69) is 19.2 Å². The van der Waals surface area contributed by atoms with Gasteiger partial charge in [0.25, 0.3) is 0 Å². The van der Waals surface area contributed by atoms with Gasteiger partial charge in [-0.2, -0.15) is 0 Å². The van der Waals surface area contributed by atoms with E-state index >= 15 is 0 Å². The molecule has 86 valence electrons. The van der Waals surface area contributed by atoms with E-state index in [-0.39, 0.29) is 6.61 Å². The minimum Gasteiger partial charge on any atom is -0.468 e. The Morgan fingerprint density at radius 3 is 2.67 bits per heavy atom. The first-order valence-corrected chi connectivity index (χ1v) is 5.52. The summed E-state index contributed by atoms with van der Waals surface area (Å²) in [5.74, 6) is 1.51. The number of hydrogen-bond donors (Lipinski definition) is 2. The van der Waals surface area contributed by atoms with E-state index in [0.717, 1.165) is 18.7 Å². The predicted molar refractivity (Wildman–Crippen MR) is 60.6 cm³/mol. The summed E-state index contributed by atoms with van der Waals surface area (Å²) in [4.78, 5) is 0. The highest BCUT2D eigenvalue weighted by atomic mass is 16.3. The molecule has 15 heavy (non-hydrogen) atoms. The molecule has 1 rings (SSSR count). The molecule has 0 radical (unpaired) electrons. The van der Waals surface area contributed by atoms with Crippen LogP contribution in [0.3, 0.4) is 0 Å². The maximum absolute atomic E-state index is 8.93. The summed E-state index contributed by atoms with van der Waals surface area (Å²) in [6.45, 7) is 7.32. The molecule has 0 saturated carbocycles. The lowest BCUT2D eigenvalue weighted by Crippen LogP contribution is -2.34. The molecule has 0 spiro atoms. The molecular formula is C12H21NO2. The van der Waals surface area contributed by atoms with Crippen molar-refractivity contribution in [3.05, 3.63) is 23.7 Å². The van der Waals surface area contributed by atoms with Gasteiger partial charge in [0, 0.05) is 12.6 Å². The summed E-state index contributed by atoms with van der Waals surface area (Å²) in [5.41, 5.74) is 1.18. The first-order chi connectivity index (χ1) is 7.15. The van der Waals surface area contributed by atoms with Gasteiger partial charge in [-0.25, -0.2) is 0 Å². The van der Waals surface area contributed by atoms with E-state index in [9.17, 15) is 0 Å². The number of aryl methyl sites for hydroxylation is 1. The number of furan rings is 1.